The van der Waals surface area contributed by atoms with Crippen molar-refractivity contribution in [3.8, 4) is 0 Å². The molecule has 0 spiro atoms. The molecule has 21 heavy (non-hydrogen) atoms. The number of hydrogen-bond donors (Lipinski definition) is 1. The lowest BCUT2D eigenvalue weighted by atomic mass is 10.2. The molecule has 0 bridgehead atoms. The van der Waals surface area contributed by atoms with Crippen molar-refractivity contribution >= 4 is 11.7 Å². The molecular weight excluding hydrogens is 266 g/mol. The first kappa shape index (κ1) is 15.7. The Bertz CT molecular complexity index is 462. The van der Waals surface area contributed by atoms with Gasteiger partial charge in [0.1, 0.15) is 11.5 Å². The van der Waals surface area contributed by atoms with E-state index in [0.717, 1.165) is 45.0 Å². The van der Waals surface area contributed by atoms with Gasteiger partial charge < -0.3 is 10.2 Å². The number of piperazine rings is 1. The van der Waals surface area contributed by atoms with Crippen LogP contribution in [0.1, 0.15) is 37.7 Å². The molecule has 1 aliphatic heterocycles. The zero-order chi connectivity index (χ0) is 15.2. The Balaban J connectivity index is 1.97. The van der Waals surface area contributed by atoms with Crippen LogP contribution in [0, 0.1) is 0 Å². The zero-order valence-corrected chi connectivity index (χ0v) is 13.2. The molecule has 0 saturated carbocycles. The highest BCUT2D eigenvalue weighted by atomic mass is 16.2. The lowest BCUT2D eigenvalue weighted by Crippen LogP contribution is -2.53. The average molecular weight is 291 g/mol. The minimum absolute atomic E-state index is 0.0212. The number of amides is 1. The summed E-state index contributed by atoms with van der Waals surface area (Å²) in [5.41, 5.74) is 0.425. The minimum Gasteiger partial charge on any atom is -0.369 e. The van der Waals surface area contributed by atoms with Gasteiger partial charge in [0.15, 0.2) is 0 Å². The van der Waals surface area contributed by atoms with E-state index in [-0.39, 0.29) is 5.91 Å². The fourth-order valence-electron chi connectivity index (χ4n) is 2.59. The molecule has 2 rings (SSSR count). The van der Waals surface area contributed by atoms with E-state index in [1.54, 1.807) is 12.4 Å². The highest BCUT2D eigenvalue weighted by Gasteiger charge is 2.26. The van der Waals surface area contributed by atoms with Crippen LogP contribution in [0.4, 0.5) is 5.82 Å². The van der Waals surface area contributed by atoms with E-state index in [1.807, 2.05) is 4.90 Å². The van der Waals surface area contributed by atoms with E-state index in [4.69, 9.17) is 0 Å². The standard InChI is InChI=1S/C15H25N5O/c1-4-6-16-14-10-17-13(9-18-14)15(21)20-8-7-19(5-2)12(3)11-20/h9-10,12H,4-8,11H2,1-3H3,(H,16,18). The predicted octanol–water partition coefficient (Wildman–Crippen LogP) is 1.46. The second kappa shape index (κ2) is 7.36. The Labute approximate surface area is 126 Å². The van der Waals surface area contributed by atoms with Crippen molar-refractivity contribution in [3.05, 3.63) is 18.1 Å². The maximum absolute atomic E-state index is 12.5. The van der Waals surface area contributed by atoms with Gasteiger partial charge in [-0.1, -0.05) is 13.8 Å². The quantitative estimate of drug-likeness (QED) is 0.890. The second-order valence-corrected chi connectivity index (χ2v) is 5.44. The van der Waals surface area contributed by atoms with Crippen LogP contribution in [0.15, 0.2) is 12.4 Å². The van der Waals surface area contributed by atoms with Crippen LogP contribution in [-0.4, -0.2) is 64.4 Å². The predicted molar refractivity (Wildman–Crippen MR) is 83.4 cm³/mol. The lowest BCUT2D eigenvalue weighted by molar-refractivity contribution is 0.0522. The van der Waals surface area contributed by atoms with Crippen LogP contribution in [0.5, 0.6) is 0 Å². The molecule has 1 atom stereocenters. The molecular formula is C15H25N5O. The number of carbonyl (C=O) groups is 1. The summed E-state index contributed by atoms with van der Waals surface area (Å²) in [7, 11) is 0. The summed E-state index contributed by atoms with van der Waals surface area (Å²) in [6.07, 6.45) is 4.23. The van der Waals surface area contributed by atoms with Crippen molar-refractivity contribution in [1.82, 2.24) is 19.8 Å². The average Bonchev–Trinajstić information content (AvgIpc) is 2.52. The Morgan fingerprint density at radius 2 is 2.14 bits per heavy atom. The van der Waals surface area contributed by atoms with Gasteiger partial charge >= 0.3 is 0 Å². The number of nitrogens with one attached hydrogen (secondary N) is 1. The van der Waals surface area contributed by atoms with Crippen molar-refractivity contribution < 1.29 is 4.79 Å². The third-order valence-electron chi connectivity index (χ3n) is 3.89. The summed E-state index contributed by atoms with van der Waals surface area (Å²) >= 11 is 0. The molecule has 1 unspecified atom stereocenters. The molecule has 6 heteroatoms. The highest BCUT2D eigenvalue weighted by molar-refractivity contribution is 5.92. The molecule has 1 amide bonds. The summed E-state index contributed by atoms with van der Waals surface area (Å²) in [5.74, 6) is 0.699. The molecule has 1 N–H and O–H groups in total. The first-order chi connectivity index (χ1) is 10.2. The topological polar surface area (TPSA) is 61.4 Å². The Morgan fingerprint density at radius 3 is 2.71 bits per heavy atom. The highest BCUT2D eigenvalue weighted by Crippen LogP contribution is 2.12. The first-order valence-corrected chi connectivity index (χ1v) is 7.75. The Morgan fingerprint density at radius 1 is 1.33 bits per heavy atom. The summed E-state index contributed by atoms with van der Waals surface area (Å²) in [6, 6.07) is 0.395. The van der Waals surface area contributed by atoms with Crippen LogP contribution >= 0.6 is 0 Å². The lowest BCUT2D eigenvalue weighted by Gasteiger charge is -2.39. The van der Waals surface area contributed by atoms with Crippen LogP contribution in [0.2, 0.25) is 0 Å². The number of hydrogen-bond acceptors (Lipinski definition) is 5. The molecule has 2 heterocycles. The van der Waals surface area contributed by atoms with E-state index >= 15 is 0 Å². The van der Waals surface area contributed by atoms with E-state index in [0.29, 0.717) is 11.7 Å². The van der Waals surface area contributed by atoms with Gasteiger partial charge in [-0.15, -0.1) is 0 Å². The smallest absolute Gasteiger partial charge is 0.274 e. The Kier molecular flexibility index (Phi) is 5.50. The van der Waals surface area contributed by atoms with Crippen molar-refractivity contribution in [2.45, 2.75) is 33.2 Å². The third kappa shape index (κ3) is 3.91. The van der Waals surface area contributed by atoms with Crippen molar-refractivity contribution in [1.29, 1.82) is 0 Å². The largest absolute Gasteiger partial charge is 0.369 e. The fourth-order valence-corrected chi connectivity index (χ4v) is 2.59. The number of likely N-dealkylation sites (N-methyl/N-ethyl adjacent to an activating group) is 1. The molecule has 0 radical (unpaired) electrons. The number of rotatable bonds is 5. The van der Waals surface area contributed by atoms with Crippen LogP contribution in [0.3, 0.4) is 0 Å². The SMILES string of the molecule is CCCNc1cnc(C(=O)N2CCN(CC)C(C)C2)cn1. The third-order valence-corrected chi connectivity index (χ3v) is 3.89. The first-order valence-electron chi connectivity index (χ1n) is 7.75. The van der Waals surface area contributed by atoms with Crippen LogP contribution in [-0.2, 0) is 0 Å². The van der Waals surface area contributed by atoms with E-state index < -0.39 is 0 Å². The van der Waals surface area contributed by atoms with Gasteiger partial charge in [-0.25, -0.2) is 9.97 Å². The van der Waals surface area contributed by atoms with Crippen LogP contribution in [0.25, 0.3) is 0 Å². The van der Waals surface area contributed by atoms with Gasteiger partial charge in [0.2, 0.25) is 0 Å². The monoisotopic (exact) mass is 291 g/mol. The van der Waals surface area contributed by atoms with E-state index in [2.05, 4.69) is 41.0 Å². The number of nitrogens with zero attached hydrogens (tertiary/aromatic N) is 4. The molecule has 1 fully saturated rings. The van der Waals surface area contributed by atoms with Crippen LogP contribution < -0.4 is 5.32 Å². The maximum Gasteiger partial charge on any atom is 0.274 e. The molecule has 0 aromatic carbocycles. The van der Waals surface area contributed by atoms with Gasteiger partial charge in [0.25, 0.3) is 5.91 Å². The van der Waals surface area contributed by atoms with E-state index in [9.17, 15) is 4.79 Å². The zero-order valence-electron chi connectivity index (χ0n) is 13.2. The van der Waals surface area contributed by atoms with Gasteiger partial charge in [-0.05, 0) is 19.9 Å². The normalized spacial score (nSPS) is 19.6. The summed E-state index contributed by atoms with van der Waals surface area (Å²) < 4.78 is 0. The van der Waals surface area contributed by atoms with Crippen molar-refractivity contribution in [2.75, 3.05) is 38.0 Å². The molecule has 116 valence electrons. The number of anilines is 1. The number of carbonyl (C=O) groups excluding carboxylic acids is 1. The maximum atomic E-state index is 12.5. The fraction of sp³-hybridized carbons (Fsp3) is 0.667. The summed E-state index contributed by atoms with van der Waals surface area (Å²) in [6.45, 7) is 10.7. The molecule has 1 aromatic heterocycles. The van der Waals surface area contributed by atoms with Crippen molar-refractivity contribution in [3.63, 3.8) is 0 Å². The van der Waals surface area contributed by atoms with Gasteiger partial charge in [0.05, 0.1) is 12.4 Å². The van der Waals surface area contributed by atoms with Gasteiger partial charge in [-0.2, -0.15) is 0 Å². The van der Waals surface area contributed by atoms with Crippen molar-refractivity contribution in [2.24, 2.45) is 0 Å². The molecule has 0 aliphatic carbocycles. The summed E-state index contributed by atoms with van der Waals surface area (Å²) in [4.78, 5) is 25.2. The van der Waals surface area contributed by atoms with Gasteiger partial charge in [-0.3, -0.25) is 9.69 Å². The molecule has 6 nitrogen and oxygen atoms in total. The molecule has 1 aliphatic rings. The summed E-state index contributed by atoms with van der Waals surface area (Å²) in [5, 5.41) is 3.16. The van der Waals surface area contributed by atoms with Gasteiger partial charge in [0, 0.05) is 32.2 Å². The minimum atomic E-state index is -0.0212. The molecule has 1 aromatic rings. The number of aromatic nitrogens is 2. The Hall–Kier alpha value is -1.69. The van der Waals surface area contributed by atoms with E-state index in [1.165, 1.54) is 0 Å². The molecule has 1 saturated heterocycles. The second-order valence-electron chi connectivity index (χ2n) is 5.44.